The van der Waals surface area contributed by atoms with E-state index < -0.39 is 0 Å². The van der Waals surface area contributed by atoms with Crippen molar-refractivity contribution in [3.05, 3.63) is 0 Å². The minimum absolute atomic E-state index is 0.240. The molecule has 1 saturated carbocycles. The summed E-state index contributed by atoms with van der Waals surface area (Å²) >= 11 is 0. The van der Waals surface area contributed by atoms with Gasteiger partial charge in [-0.15, -0.1) is 0 Å². The number of ketones is 1. The number of alkyl halides is 1. The zero-order chi connectivity index (χ0) is 9.68. The largest absolute Gasteiger partial charge is 0.303 e. The van der Waals surface area contributed by atoms with Gasteiger partial charge in [0, 0.05) is 25.4 Å². The van der Waals surface area contributed by atoms with Gasteiger partial charge in [0.2, 0.25) is 0 Å². The van der Waals surface area contributed by atoms with Crippen molar-refractivity contribution >= 4 is 5.78 Å². The van der Waals surface area contributed by atoms with Crippen molar-refractivity contribution in [2.24, 2.45) is 0 Å². The molecule has 76 valence electrons. The minimum atomic E-state index is -0.240. The van der Waals surface area contributed by atoms with E-state index in [2.05, 4.69) is 4.90 Å². The summed E-state index contributed by atoms with van der Waals surface area (Å²) in [4.78, 5) is 13.2. The van der Waals surface area contributed by atoms with E-state index in [1.54, 1.807) is 0 Å². The number of nitrogens with zero attached hydrogens (tertiary/aromatic N) is 1. The summed E-state index contributed by atoms with van der Waals surface area (Å²) in [5.41, 5.74) is 0. The molecule has 1 aliphatic carbocycles. The van der Waals surface area contributed by atoms with Gasteiger partial charge in [-0.2, -0.15) is 0 Å². The Bertz CT molecular complexity index is 162. The van der Waals surface area contributed by atoms with Crippen molar-refractivity contribution in [3.63, 3.8) is 0 Å². The van der Waals surface area contributed by atoms with Gasteiger partial charge < -0.3 is 4.90 Å². The van der Waals surface area contributed by atoms with Crippen LogP contribution in [-0.2, 0) is 4.79 Å². The maximum Gasteiger partial charge on any atom is 0.133 e. The predicted octanol–water partition coefficient (Wildman–Crippen LogP) is 1.79. The Hall–Kier alpha value is -0.440. The molecule has 0 aromatic rings. The summed E-state index contributed by atoms with van der Waals surface area (Å²) in [6, 6.07) is 0.504. The third kappa shape index (κ3) is 3.43. The fourth-order valence-electron chi connectivity index (χ4n) is 1.86. The van der Waals surface area contributed by atoms with Crippen LogP contribution in [0.2, 0.25) is 0 Å². The lowest BCUT2D eigenvalue weighted by atomic mass is 9.93. The van der Waals surface area contributed by atoms with E-state index in [1.165, 1.54) is 0 Å². The first kappa shape index (κ1) is 10.6. The first-order valence-electron chi connectivity index (χ1n) is 5.02. The van der Waals surface area contributed by atoms with E-state index in [0.29, 0.717) is 31.1 Å². The van der Waals surface area contributed by atoms with Crippen LogP contribution in [0.3, 0.4) is 0 Å². The molecule has 0 unspecified atom stereocenters. The molecule has 1 rings (SSSR count). The quantitative estimate of drug-likeness (QED) is 0.668. The van der Waals surface area contributed by atoms with Crippen LogP contribution in [-0.4, -0.2) is 37.0 Å². The van der Waals surface area contributed by atoms with Crippen molar-refractivity contribution in [2.45, 2.75) is 38.1 Å². The van der Waals surface area contributed by atoms with Gasteiger partial charge in [-0.05, 0) is 26.3 Å². The molecule has 2 nitrogen and oxygen atoms in total. The zero-order valence-corrected chi connectivity index (χ0v) is 8.26. The number of Topliss-reactive ketones (excluding diaryl/α,β-unsaturated/α-hetero) is 1. The first-order chi connectivity index (χ1) is 6.24. The molecule has 0 N–H and O–H groups in total. The highest BCUT2D eigenvalue weighted by atomic mass is 19.1. The average molecular weight is 187 g/mol. The van der Waals surface area contributed by atoms with Crippen LogP contribution in [0.1, 0.15) is 32.1 Å². The van der Waals surface area contributed by atoms with Gasteiger partial charge in [0.25, 0.3) is 0 Å². The monoisotopic (exact) mass is 187 g/mol. The fraction of sp³-hybridized carbons (Fsp3) is 0.900. The summed E-state index contributed by atoms with van der Waals surface area (Å²) in [7, 11) is 2.02. The Morgan fingerprint density at radius 2 is 2.08 bits per heavy atom. The van der Waals surface area contributed by atoms with Crippen LogP contribution >= 0.6 is 0 Å². The maximum atomic E-state index is 11.9. The zero-order valence-electron chi connectivity index (χ0n) is 8.26. The second-order valence-electron chi connectivity index (χ2n) is 3.79. The molecule has 1 fully saturated rings. The molecule has 0 heterocycles. The lowest BCUT2D eigenvalue weighted by Crippen LogP contribution is -2.36. The number of hydrogen-bond acceptors (Lipinski definition) is 2. The molecule has 0 aliphatic heterocycles. The number of hydrogen-bond donors (Lipinski definition) is 0. The van der Waals surface area contributed by atoms with Crippen molar-refractivity contribution in [1.82, 2.24) is 4.90 Å². The Morgan fingerprint density at radius 3 is 2.62 bits per heavy atom. The normalized spacial score (nSPS) is 19.8. The summed E-state index contributed by atoms with van der Waals surface area (Å²) < 4.78 is 11.9. The first-order valence-corrected chi connectivity index (χ1v) is 5.02. The summed E-state index contributed by atoms with van der Waals surface area (Å²) in [5, 5.41) is 0. The molecular weight excluding hydrogens is 169 g/mol. The lowest BCUT2D eigenvalue weighted by molar-refractivity contribution is -0.121. The standard InChI is InChI=1S/C10H18FNO/c1-12(8-2-7-11)9-3-5-10(13)6-4-9/h9H,2-8H2,1H3. The van der Waals surface area contributed by atoms with E-state index in [-0.39, 0.29) is 6.67 Å². The van der Waals surface area contributed by atoms with Crippen molar-refractivity contribution in [1.29, 1.82) is 0 Å². The van der Waals surface area contributed by atoms with E-state index in [4.69, 9.17) is 0 Å². The SMILES string of the molecule is CN(CCCF)C1CCC(=O)CC1. The second kappa shape index (κ2) is 5.32. The second-order valence-corrected chi connectivity index (χ2v) is 3.79. The van der Waals surface area contributed by atoms with Crippen LogP contribution < -0.4 is 0 Å². The molecule has 0 radical (unpaired) electrons. The van der Waals surface area contributed by atoms with Crippen LogP contribution in [0.15, 0.2) is 0 Å². The average Bonchev–Trinajstić information content (AvgIpc) is 2.15. The van der Waals surface area contributed by atoms with Gasteiger partial charge in [-0.1, -0.05) is 0 Å². The van der Waals surface area contributed by atoms with Gasteiger partial charge >= 0.3 is 0 Å². The molecule has 0 saturated heterocycles. The molecule has 0 atom stereocenters. The fourth-order valence-corrected chi connectivity index (χ4v) is 1.86. The summed E-state index contributed by atoms with van der Waals surface area (Å²) in [6.45, 7) is 0.575. The highest BCUT2D eigenvalue weighted by Crippen LogP contribution is 2.19. The van der Waals surface area contributed by atoms with Gasteiger partial charge in [0.15, 0.2) is 0 Å². The van der Waals surface area contributed by atoms with Crippen LogP contribution in [0.4, 0.5) is 4.39 Å². The summed E-state index contributed by atoms with van der Waals surface area (Å²) in [6.07, 6.45) is 3.96. The number of halogens is 1. The molecule has 0 aromatic heterocycles. The smallest absolute Gasteiger partial charge is 0.133 e. The molecule has 1 aliphatic rings. The molecule has 0 spiro atoms. The van der Waals surface area contributed by atoms with Crippen molar-refractivity contribution < 1.29 is 9.18 Å². The highest BCUT2D eigenvalue weighted by molar-refractivity contribution is 5.79. The van der Waals surface area contributed by atoms with Crippen LogP contribution in [0, 0.1) is 0 Å². The van der Waals surface area contributed by atoms with Crippen molar-refractivity contribution in [2.75, 3.05) is 20.3 Å². The highest BCUT2D eigenvalue weighted by Gasteiger charge is 2.21. The topological polar surface area (TPSA) is 20.3 Å². The van der Waals surface area contributed by atoms with E-state index in [1.807, 2.05) is 7.05 Å². The Kier molecular flexibility index (Phi) is 4.36. The summed E-state index contributed by atoms with van der Waals surface area (Å²) in [5.74, 6) is 0.384. The predicted molar refractivity (Wildman–Crippen MR) is 50.5 cm³/mol. The van der Waals surface area contributed by atoms with Gasteiger partial charge in [-0.3, -0.25) is 9.18 Å². The number of carbonyl (C=O) groups is 1. The Labute approximate surface area is 79.1 Å². The lowest BCUT2D eigenvalue weighted by Gasteiger charge is -2.30. The van der Waals surface area contributed by atoms with E-state index in [9.17, 15) is 9.18 Å². The van der Waals surface area contributed by atoms with Gasteiger partial charge in [0.05, 0.1) is 6.67 Å². The van der Waals surface area contributed by atoms with Crippen LogP contribution in [0.25, 0.3) is 0 Å². The minimum Gasteiger partial charge on any atom is -0.303 e. The molecule has 0 bridgehead atoms. The molecule has 3 heteroatoms. The molecule has 0 aromatic carbocycles. The van der Waals surface area contributed by atoms with Gasteiger partial charge in [0.1, 0.15) is 5.78 Å². The van der Waals surface area contributed by atoms with E-state index >= 15 is 0 Å². The Balaban J connectivity index is 2.23. The third-order valence-corrected chi connectivity index (χ3v) is 2.78. The van der Waals surface area contributed by atoms with Gasteiger partial charge in [-0.25, -0.2) is 0 Å². The number of carbonyl (C=O) groups excluding carboxylic acids is 1. The third-order valence-electron chi connectivity index (χ3n) is 2.78. The van der Waals surface area contributed by atoms with E-state index in [0.717, 1.165) is 19.4 Å². The Morgan fingerprint density at radius 1 is 1.46 bits per heavy atom. The number of rotatable bonds is 4. The molecule has 0 amide bonds. The maximum absolute atomic E-state index is 11.9. The van der Waals surface area contributed by atoms with Crippen molar-refractivity contribution in [3.8, 4) is 0 Å². The molecular formula is C10H18FNO. The molecule has 13 heavy (non-hydrogen) atoms. The van der Waals surface area contributed by atoms with Crippen LogP contribution in [0.5, 0.6) is 0 Å².